The van der Waals surface area contributed by atoms with Crippen LogP contribution in [-0.2, 0) is 6.54 Å². The molecule has 4 N–H and O–H groups in total. The van der Waals surface area contributed by atoms with E-state index >= 15 is 0 Å². The first-order valence-corrected chi connectivity index (χ1v) is 8.69. The predicted molar refractivity (Wildman–Crippen MR) is 96.6 cm³/mol. The fourth-order valence-electron chi connectivity index (χ4n) is 1.97. The van der Waals surface area contributed by atoms with Gasteiger partial charge in [-0.1, -0.05) is 21.2 Å². The van der Waals surface area contributed by atoms with Gasteiger partial charge in [-0.05, 0) is 25.2 Å². The van der Waals surface area contributed by atoms with Crippen LogP contribution in [0.1, 0.15) is 12.6 Å². The molecule has 6 nitrogen and oxygen atoms in total. The maximum absolute atomic E-state index is 12.1. The minimum Gasteiger partial charge on any atom is -0.382 e. The lowest BCUT2D eigenvalue weighted by Gasteiger charge is -2.01. The Hall–Kier alpha value is -1.98. The maximum Gasteiger partial charge on any atom is 0.268 e. The molecule has 0 aliphatic heterocycles. The number of rotatable bonds is 6. The molecule has 1 unspecified atom stereocenters. The zero-order chi connectivity index (χ0) is 16.1. The number of nitrogens with zero attached hydrogens (tertiary/aromatic N) is 2. The summed E-state index contributed by atoms with van der Waals surface area (Å²) in [5.74, 6) is 0.295. The summed E-state index contributed by atoms with van der Waals surface area (Å²) in [6.07, 6.45) is 3.59. The van der Waals surface area contributed by atoms with Crippen molar-refractivity contribution in [2.75, 3.05) is 6.16 Å². The number of aliphatic imine (C=N–C) groups is 1. The summed E-state index contributed by atoms with van der Waals surface area (Å²) in [5, 5.41) is 6.91. The van der Waals surface area contributed by atoms with Gasteiger partial charge >= 0.3 is 0 Å². The Labute approximate surface area is 133 Å². The molecule has 8 heteroatoms. The van der Waals surface area contributed by atoms with Gasteiger partial charge in [0.25, 0.3) is 5.56 Å². The monoisotopic (exact) mass is 335 g/mol. The van der Waals surface area contributed by atoms with Crippen LogP contribution in [0.3, 0.4) is 0 Å². The number of aromatic amines is 1. The second-order valence-electron chi connectivity index (χ2n) is 4.46. The van der Waals surface area contributed by atoms with Crippen LogP contribution in [0.5, 0.6) is 0 Å². The van der Waals surface area contributed by atoms with Gasteiger partial charge in [-0.2, -0.15) is 0 Å². The van der Waals surface area contributed by atoms with Crippen LogP contribution in [0.2, 0.25) is 0 Å². The Morgan fingerprint density at radius 1 is 1.64 bits per heavy atom. The number of hydrogen-bond donors (Lipinski definition) is 3. The smallest absolute Gasteiger partial charge is 0.268 e. The predicted octanol–water partition coefficient (Wildman–Crippen LogP) is -0.235. The van der Waals surface area contributed by atoms with Crippen LogP contribution >= 0.6 is 19.9 Å². The molecule has 0 saturated heterocycles. The van der Waals surface area contributed by atoms with Crippen LogP contribution in [-0.4, -0.2) is 27.9 Å². The van der Waals surface area contributed by atoms with Crippen molar-refractivity contribution in [3.8, 4) is 0 Å². The van der Waals surface area contributed by atoms with Gasteiger partial charge in [-0.25, -0.2) is 4.99 Å². The fourth-order valence-corrected chi connectivity index (χ4v) is 3.85. The summed E-state index contributed by atoms with van der Waals surface area (Å²) >= 11 is 1.43. The lowest BCUT2D eigenvalue weighted by Crippen LogP contribution is -2.31. The maximum atomic E-state index is 12.1. The molecule has 0 radical (unpaired) electrons. The van der Waals surface area contributed by atoms with Crippen LogP contribution in [0.25, 0.3) is 12.7 Å². The van der Waals surface area contributed by atoms with E-state index in [2.05, 4.69) is 16.6 Å². The number of thiazole rings is 1. The van der Waals surface area contributed by atoms with Crippen molar-refractivity contribution < 1.29 is 0 Å². The van der Waals surface area contributed by atoms with Gasteiger partial charge in [0, 0.05) is 12.0 Å². The molecule has 116 valence electrons. The SMILES string of the molecule is C=c1s/c(=C/C)c(=O)n1CCPc1ccc(/C(N)=N\C=N)[nH]1. The Morgan fingerprint density at radius 3 is 3.05 bits per heavy atom. The lowest BCUT2D eigenvalue weighted by molar-refractivity contribution is 0.731. The number of hydrogen-bond acceptors (Lipinski definition) is 3. The van der Waals surface area contributed by atoms with E-state index in [0.717, 1.165) is 27.1 Å². The molecule has 0 fully saturated rings. The molecular weight excluding hydrogens is 317 g/mol. The summed E-state index contributed by atoms with van der Waals surface area (Å²) in [6.45, 7) is 6.44. The van der Waals surface area contributed by atoms with Gasteiger partial charge in [0.15, 0.2) is 0 Å². The van der Waals surface area contributed by atoms with Crippen LogP contribution in [0, 0.1) is 5.41 Å². The molecule has 0 aromatic carbocycles. The van der Waals surface area contributed by atoms with Crippen molar-refractivity contribution in [2.24, 2.45) is 10.7 Å². The third-order valence-electron chi connectivity index (χ3n) is 3.06. The topological polar surface area (TPSA) is 100 Å². The van der Waals surface area contributed by atoms with Crippen molar-refractivity contribution in [3.05, 3.63) is 37.4 Å². The molecule has 0 spiro atoms. The van der Waals surface area contributed by atoms with Crippen molar-refractivity contribution in [1.29, 1.82) is 5.41 Å². The summed E-state index contributed by atoms with van der Waals surface area (Å²) in [6, 6.07) is 3.80. The van der Waals surface area contributed by atoms with Gasteiger partial charge in [-0.15, -0.1) is 11.3 Å². The summed E-state index contributed by atoms with van der Waals surface area (Å²) in [5.41, 5.74) is 7.51. The molecule has 0 amide bonds. The van der Waals surface area contributed by atoms with E-state index in [1.807, 2.05) is 25.1 Å². The van der Waals surface area contributed by atoms with E-state index in [-0.39, 0.29) is 5.56 Å². The standard InChI is InChI=1S/C14H18N5OPS/c1-3-11-14(20)19(9(2)22-11)6-7-21-12-5-4-10(18-12)13(16)17-8-15/h3-5,8,18,21H,2,6-7H2,1H3,(H3,15,16,17)/b11-3+. The first-order valence-electron chi connectivity index (χ1n) is 6.67. The number of H-pyrrole nitrogens is 1. The van der Waals surface area contributed by atoms with E-state index in [1.54, 1.807) is 4.57 Å². The minimum atomic E-state index is 0.0387. The minimum absolute atomic E-state index is 0.0387. The van der Waals surface area contributed by atoms with Crippen molar-refractivity contribution in [3.63, 3.8) is 0 Å². The van der Waals surface area contributed by atoms with Gasteiger partial charge in [0.05, 0.1) is 14.9 Å². The van der Waals surface area contributed by atoms with Gasteiger partial charge < -0.3 is 10.7 Å². The van der Waals surface area contributed by atoms with Gasteiger partial charge in [-0.3, -0.25) is 14.8 Å². The van der Waals surface area contributed by atoms with E-state index in [4.69, 9.17) is 11.1 Å². The quantitative estimate of drug-likeness (QED) is 0.386. The van der Waals surface area contributed by atoms with E-state index < -0.39 is 0 Å². The van der Waals surface area contributed by atoms with E-state index in [0.29, 0.717) is 26.7 Å². The Bertz CT molecular complexity index is 861. The highest BCUT2D eigenvalue weighted by Crippen LogP contribution is 2.09. The third-order valence-corrected chi connectivity index (χ3v) is 5.30. The van der Waals surface area contributed by atoms with E-state index in [1.165, 1.54) is 11.3 Å². The van der Waals surface area contributed by atoms with E-state index in [9.17, 15) is 4.79 Å². The zero-order valence-electron chi connectivity index (χ0n) is 12.2. The van der Waals surface area contributed by atoms with Crippen molar-refractivity contribution in [1.82, 2.24) is 9.55 Å². The Morgan fingerprint density at radius 2 is 2.41 bits per heavy atom. The van der Waals surface area contributed by atoms with Crippen molar-refractivity contribution in [2.45, 2.75) is 13.5 Å². The first-order chi connectivity index (χ1) is 10.6. The van der Waals surface area contributed by atoms with Gasteiger partial charge in [0.2, 0.25) is 0 Å². The lowest BCUT2D eigenvalue weighted by atomic mass is 10.4. The molecule has 2 rings (SSSR count). The molecule has 0 bridgehead atoms. The molecule has 2 aromatic rings. The summed E-state index contributed by atoms with van der Waals surface area (Å²) in [4.78, 5) is 19.0. The van der Waals surface area contributed by atoms with Crippen LogP contribution in [0.15, 0.2) is 21.9 Å². The number of nitrogens with one attached hydrogen (secondary N) is 2. The second-order valence-corrected chi connectivity index (χ2v) is 6.97. The van der Waals surface area contributed by atoms with Crippen LogP contribution < -0.4 is 25.9 Å². The molecule has 1 atom stereocenters. The number of aromatic nitrogens is 2. The second kappa shape index (κ2) is 7.33. The normalized spacial score (nSPS) is 13.3. The highest BCUT2D eigenvalue weighted by molar-refractivity contribution is 7.46. The average Bonchev–Trinajstić information content (AvgIpc) is 3.07. The highest BCUT2D eigenvalue weighted by Gasteiger charge is 2.05. The number of nitrogens with two attached hydrogens (primary N) is 1. The Balaban J connectivity index is 2.02. The highest BCUT2D eigenvalue weighted by atomic mass is 32.1. The molecule has 0 aliphatic carbocycles. The fraction of sp³-hybridized carbons (Fsp3) is 0.214. The first kappa shape index (κ1) is 16.4. The van der Waals surface area contributed by atoms with Gasteiger partial charge in [0.1, 0.15) is 12.2 Å². The molecule has 22 heavy (non-hydrogen) atoms. The molecule has 0 saturated carbocycles. The summed E-state index contributed by atoms with van der Waals surface area (Å²) < 4.78 is 3.26. The number of amidine groups is 1. The zero-order valence-corrected chi connectivity index (χ0v) is 14.0. The largest absolute Gasteiger partial charge is 0.382 e. The van der Waals surface area contributed by atoms with Crippen LogP contribution in [0.4, 0.5) is 0 Å². The molecule has 0 aliphatic rings. The Kier molecular flexibility index (Phi) is 5.46. The molecule has 2 heterocycles. The third kappa shape index (κ3) is 3.61. The molecule has 2 aromatic heterocycles. The average molecular weight is 335 g/mol. The van der Waals surface area contributed by atoms with Crippen molar-refractivity contribution >= 4 is 50.2 Å². The molecular formula is C14H18N5OPS. The summed E-state index contributed by atoms with van der Waals surface area (Å²) in [7, 11) is 0.532.